The van der Waals surface area contributed by atoms with Crippen LogP contribution < -0.4 is 0 Å². The van der Waals surface area contributed by atoms with Crippen LogP contribution in [0.4, 0.5) is 0 Å². The maximum atomic E-state index is 13.0. The first-order chi connectivity index (χ1) is 12.7. The second kappa shape index (κ2) is 6.94. The Morgan fingerprint density at radius 2 is 1.85 bits per heavy atom. The van der Waals surface area contributed by atoms with Crippen LogP contribution in [0.5, 0.6) is 0 Å². The number of benzene rings is 1. The first-order valence-corrected chi connectivity index (χ1v) is 8.77. The summed E-state index contributed by atoms with van der Waals surface area (Å²) in [6, 6.07) is 16.9. The Labute approximate surface area is 151 Å². The predicted molar refractivity (Wildman–Crippen MR) is 95.5 cm³/mol. The van der Waals surface area contributed by atoms with Gasteiger partial charge < -0.3 is 13.9 Å². The Kier molecular flexibility index (Phi) is 4.49. The molecular weight excluding hydrogens is 330 g/mol. The lowest BCUT2D eigenvalue weighted by molar-refractivity contribution is -0.0799. The minimum atomic E-state index is -1.33. The van der Waals surface area contributed by atoms with Gasteiger partial charge in [0.05, 0.1) is 18.4 Å². The molecule has 1 aliphatic rings. The van der Waals surface area contributed by atoms with Crippen molar-refractivity contribution in [2.75, 3.05) is 13.1 Å². The number of furan rings is 2. The van der Waals surface area contributed by atoms with Crippen LogP contribution in [0.3, 0.4) is 0 Å². The summed E-state index contributed by atoms with van der Waals surface area (Å²) in [4.78, 5) is 15.2. The first-order valence-electron chi connectivity index (χ1n) is 8.77. The summed E-state index contributed by atoms with van der Waals surface area (Å²) in [7, 11) is 0. The summed E-state index contributed by atoms with van der Waals surface area (Å²) in [5.74, 6) is -0.160. The van der Waals surface area contributed by atoms with Crippen molar-refractivity contribution in [2.45, 2.75) is 18.6 Å². The summed E-state index contributed by atoms with van der Waals surface area (Å²) >= 11 is 0. The van der Waals surface area contributed by atoms with E-state index in [4.69, 9.17) is 8.83 Å². The summed E-state index contributed by atoms with van der Waals surface area (Å²) in [5.41, 5.74) is -0.152. The summed E-state index contributed by atoms with van der Waals surface area (Å²) in [6.45, 7) is 1.84. The van der Waals surface area contributed by atoms with Crippen molar-refractivity contribution in [3.63, 3.8) is 0 Å². The molecule has 2 aromatic heterocycles. The van der Waals surface area contributed by atoms with Gasteiger partial charge in [-0.1, -0.05) is 30.3 Å². The molecule has 5 nitrogen and oxygen atoms in total. The number of Topliss-reactive ketones (excluding diaryl/α,β-unsaturated/α-hetero) is 1. The standard InChI is InChI=1S/C21H21NO4/c23-20(18-8-4-12-25-18)17-15-22(14-16-6-2-1-3-7-16)11-10-21(17,24)19-9-5-13-26-19/h1-9,12-13,17,24H,10-11,14-15H2/t17-,21-/m0/s1. The lowest BCUT2D eigenvalue weighted by Gasteiger charge is -2.42. The van der Waals surface area contributed by atoms with Crippen molar-refractivity contribution in [1.29, 1.82) is 0 Å². The van der Waals surface area contributed by atoms with E-state index in [1.807, 2.05) is 18.2 Å². The molecule has 26 heavy (non-hydrogen) atoms. The van der Waals surface area contributed by atoms with Crippen LogP contribution in [0.1, 0.15) is 28.3 Å². The van der Waals surface area contributed by atoms with E-state index in [1.165, 1.54) is 18.1 Å². The van der Waals surface area contributed by atoms with E-state index in [0.29, 0.717) is 25.3 Å². The average Bonchev–Trinajstić information content (AvgIpc) is 3.38. The van der Waals surface area contributed by atoms with Gasteiger partial charge in [0.15, 0.2) is 5.76 Å². The first kappa shape index (κ1) is 16.8. The molecule has 5 heteroatoms. The van der Waals surface area contributed by atoms with E-state index in [-0.39, 0.29) is 11.5 Å². The molecule has 2 atom stereocenters. The average molecular weight is 351 g/mol. The van der Waals surface area contributed by atoms with Crippen LogP contribution in [0.15, 0.2) is 76.0 Å². The van der Waals surface area contributed by atoms with E-state index in [1.54, 1.807) is 24.3 Å². The number of rotatable bonds is 5. The van der Waals surface area contributed by atoms with Crippen LogP contribution in [0, 0.1) is 5.92 Å². The molecule has 3 heterocycles. The van der Waals surface area contributed by atoms with Gasteiger partial charge >= 0.3 is 0 Å². The lowest BCUT2D eigenvalue weighted by Crippen LogP contribution is -2.52. The Hall–Kier alpha value is -2.63. The second-order valence-corrected chi connectivity index (χ2v) is 6.77. The van der Waals surface area contributed by atoms with Crippen molar-refractivity contribution in [1.82, 2.24) is 4.90 Å². The summed E-state index contributed by atoms with van der Waals surface area (Å²) < 4.78 is 10.8. The smallest absolute Gasteiger partial charge is 0.205 e. The minimum absolute atomic E-state index is 0.202. The highest BCUT2D eigenvalue weighted by Gasteiger charge is 2.49. The van der Waals surface area contributed by atoms with Crippen LogP contribution in [-0.2, 0) is 12.1 Å². The molecule has 1 fully saturated rings. The molecule has 0 bridgehead atoms. The third-order valence-electron chi connectivity index (χ3n) is 5.10. The third kappa shape index (κ3) is 3.11. The minimum Gasteiger partial charge on any atom is -0.466 e. The Morgan fingerprint density at radius 3 is 2.54 bits per heavy atom. The molecule has 1 saturated heterocycles. The van der Waals surface area contributed by atoms with Gasteiger partial charge in [0.2, 0.25) is 5.78 Å². The van der Waals surface area contributed by atoms with Crippen LogP contribution >= 0.6 is 0 Å². The highest BCUT2D eigenvalue weighted by Crippen LogP contribution is 2.40. The Bertz CT molecular complexity index is 842. The van der Waals surface area contributed by atoms with Crippen molar-refractivity contribution in [2.24, 2.45) is 5.92 Å². The zero-order valence-electron chi connectivity index (χ0n) is 14.4. The number of ketones is 1. The molecule has 1 aliphatic heterocycles. The molecular formula is C21H21NO4. The molecule has 0 radical (unpaired) electrons. The number of piperidine rings is 1. The molecule has 0 amide bonds. The fourth-order valence-electron chi connectivity index (χ4n) is 3.70. The third-order valence-corrected chi connectivity index (χ3v) is 5.10. The van der Waals surface area contributed by atoms with Crippen LogP contribution in [0.25, 0.3) is 0 Å². The van der Waals surface area contributed by atoms with E-state index in [0.717, 1.165) is 6.54 Å². The molecule has 134 valence electrons. The normalized spacial score (nSPS) is 23.8. The highest BCUT2D eigenvalue weighted by molar-refractivity contribution is 5.96. The number of carbonyl (C=O) groups is 1. The van der Waals surface area contributed by atoms with E-state index >= 15 is 0 Å². The van der Waals surface area contributed by atoms with Gasteiger partial charge in [-0.25, -0.2) is 0 Å². The summed E-state index contributed by atoms with van der Waals surface area (Å²) in [5, 5.41) is 11.4. The van der Waals surface area contributed by atoms with Gasteiger partial charge in [-0.2, -0.15) is 0 Å². The number of carbonyl (C=O) groups excluding carboxylic acids is 1. The maximum Gasteiger partial charge on any atom is 0.205 e. The highest BCUT2D eigenvalue weighted by atomic mass is 16.4. The van der Waals surface area contributed by atoms with Gasteiger partial charge in [0.1, 0.15) is 11.4 Å². The van der Waals surface area contributed by atoms with Gasteiger partial charge in [-0.15, -0.1) is 0 Å². The van der Waals surface area contributed by atoms with Crippen molar-refractivity contribution in [3.05, 3.63) is 84.2 Å². The number of hydrogen-bond acceptors (Lipinski definition) is 5. The maximum absolute atomic E-state index is 13.0. The number of hydrogen-bond donors (Lipinski definition) is 1. The van der Waals surface area contributed by atoms with Crippen LogP contribution in [0.2, 0.25) is 0 Å². The fourth-order valence-corrected chi connectivity index (χ4v) is 3.70. The van der Waals surface area contributed by atoms with Crippen molar-refractivity contribution < 1.29 is 18.7 Å². The van der Waals surface area contributed by atoms with Crippen LogP contribution in [-0.4, -0.2) is 28.9 Å². The quantitative estimate of drug-likeness (QED) is 0.713. The van der Waals surface area contributed by atoms with E-state index in [2.05, 4.69) is 17.0 Å². The fraction of sp³-hybridized carbons (Fsp3) is 0.286. The van der Waals surface area contributed by atoms with Crippen molar-refractivity contribution >= 4 is 5.78 Å². The number of nitrogens with zero attached hydrogens (tertiary/aromatic N) is 1. The zero-order valence-corrected chi connectivity index (χ0v) is 14.4. The number of aliphatic hydroxyl groups is 1. The zero-order chi connectivity index (χ0) is 18.0. The second-order valence-electron chi connectivity index (χ2n) is 6.77. The van der Waals surface area contributed by atoms with E-state index in [9.17, 15) is 9.90 Å². The molecule has 3 aromatic rings. The largest absolute Gasteiger partial charge is 0.466 e. The lowest BCUT2D eigenvalue weighted by atomic mass is 9.76. The predicted octanol–water partition coefficient (Wildman–Crippen LogP) is 3.47. The summed E-state index contributed by atoms with van der Waals surface area (Å²) in [6.07, 6.45) is 3.42. The van der Waals surface area contributed by atoms with Gasteiger partial charge in [-0.3, -0.25) is 9.69 Å². The van der Waals surface area contributed by atoms with Crippen molar-refractivity contribution in [3.8, 4) is 0 Å². The Morgan fingerprint density at radius 1 is 1.08 bits per heavy atom. The number of likely N-dealkylation sites (tertiary alicyclic amines) is 1. The van der Waals surface area contributed by atoms with Gasteiger partial charge in [0.25, 0.3) is 0 Å². The molecule has 0 saturated carbocycles. The molecule has 1 aromatic carbocycles. The molecule has 0 aliphatic carbocycles. The molecule has 0 unspecified atom stereocenters. The molecule has 0 spiro atoms. The monoisotopic (exact) mass is 351 g/mol. The Balaban J connectivity index is 1.62. The molecule has 4 rings (SSSR count). The van der Waals surface area contributed by atoms with Gasteiger partial charge in [0, 0.05) is 19.6 Å². The van der Waals surface area contributed by atoms with E-state index < -0.39 is 11.5 Å². The molecule has 1 N–H and O–H groups in total. The SMILES string of the molecule is O=C(c1ccco1)[C@@H]1CN(Cc2ccccc2)CC[C@@]1(O)c1ccco1. The topological polar surface area (TPSA) is 66.8 Å². The van der Waals surface area contributed by atoms with Gasteiger partial charge in [-0.05, 0) is 36.2 Å².